The van der Waals surface area contributed by atoms with E-state index in [-0.39, 0.29) is 17.3 Å². The number of Topliss-reactive ketones (excluding diaryl/α,β-unsaturated/α-hetero) is 1. The Balaban J connectivity index is 2.74. The van der Waals surface area contributed by atoms with Crippen molar-refractivity contribution in [3.8, 4) is 11.5 Å². The van der Waals surface area contributed by atoms with E-state index in [1.807, 2.05) is 0 Å². The minimum Gasteiger partial charge on any atom is -0.508 e. The molecule has 0 heterocycles. The third-order valence-corrected chi connectivity index (χ3v) is 3.76. The fraction of sp³-hybridized carbons (Fsp3) is 0.235. The van der Waals surface area contributed by atoms with E-state index in [0.717, 1.165) is 0 Å². The van der Waals surface area contributed by atoms with Crippen molar-refractivity contribution in [2.24, 2.45) is 0 Å². The summed E-state index contributed by atoms with van der Waals surface area (Å²) in [6.07, 6.45) is 0.319. The number of aromatic hydroxyl groups is 2. The molecular weight excluding hydrogens is 252 g/mol. The van der Waals surface area contributed by atoms with E-state index >= 15 is 0 Å². The van der Waals surface area contributed by atoms with Gasteiger partial charge in [-0.2, -0.15) is 0 Å². The molecule has 2 aromatic carbocycles. The number of hydrogen-bond acceptors (Lipinski definition) is 3. The second-order valence-electron chi connectivity index (χ2n) is 4.94. The third-order valence-electron chi connectivity index (χ3n) is 3.76. The second kappa shape index (κ2) is 5.37. The van der Waals surface area contributed by atoms with Crippen LogP contribution in [0.3, 0.4) is 0 Å². The van der Waals surface area contributed by atoms with Gasteiger partial charge in [-0.15, -0.1) is 0 Å². The summed E-state index contributed by atoms with van der Waals surface area (Å²) in [5.74, 6) is 0.0561. The number of rotatable bonds is 4. The Hall–Kier alpha value is -2.29. The number of para-hydroxylation sites is 2. The van der Waals surface area contributed by atoms with Gasteiger partial charge in [0.2, 0.25) is 0 Å². The highest BCUT2D eigenvalue weighted by Crippen LogP contribution is 2.41. The molecule has 0 aliphatic heterocycles. The maximum absolute atomic E-state index is 12.5. The quantitative estimate of drug-likeness (QED) is 0.895. The van der Waals surface area contributed by atoms with Crippen molar-refractivity contribution >= 4 is 5.78 Å². The Morgan fingerprint density at radius 3 is 1.70 bits per heavy atom. The van der Waals surface area contributed by atoms with E-state index in [1.54, 1.807) is 62.4 Å². The number of carbonyl (C=O) groups excluding carboxylic acids is 1. The third kappa shape index (κ3) is 2.16. The van der Waals surface area contributed by atoms with Crippen LogP contribution in [0.25, 0.3) is 0 Å². The molecule has 0 bridgehead atoms. The zero-order chi connectivity index (χ0) is 14.8. The van der Waals surface area contributed by atoms with Crippen LogP contribution in [0, 0.1) is 0 Å². The van der Waals surface area contributed by atoms with E-state index in [1.165, 1.54) is 0 Å². The van der Waals surface area contributed by atoms with Gasteiger partial charge in [0.1, 0.15) is 17.3 Å². The fourth-order valence-electron chi connectivity index (χ4n) is 2.59. The van der Waals surface area contributed by atoms with Gasteiger partial charge < -0.3 is 10.2 Å². The summed E-state index contributed by atoms with van der Waals surface area (Å²) in [7, 11) is 0. The van der Waals surface area contributed by atoms with Crippen molar-refractivity contribution in [1.82, 2.24) is 0 Å². The number of ketones is 1. The molecule has 20 heavy (non-hydrogen) atoms. The molecule has 104 valence electrons. The van der Waals surface area contributed by atoms with Crippen LogP contribution in [-0.2, 0) is 10.2 Å². The van der Waals surface area contributed by atoms with Crippen molar-refractivity contribution in [3.63, 3.8) is 0 Å². The Bertz CT molecular complexity index is 586. The highest BCUT2D eigenvalue weighted by atomic mass is 16.3. The molecule has 0 unspecified atom stereocenters. The average molecular weight is 270 g/mol. The zero-order valence-electron chi connectivity index (χ0n) is 11.6. The molecule has 0 aromatic heterocycles. The van der Waals surface area contributed by atoms with Gasteiger partial charge >= 0.3 is 0 Å². The van der Waals surface area contributed by atoms with Gasteiger partial charge in [-0.05, 0) is 19.1 Å². The summed E-state index contributed by atoms with van der Waals surface area (Å²) >= 11 is 0. The van der Waals surface area contributed by atoms with E-state index in [0.29, 0.717) is 17.5 Å². The lowest BCUT2D eigenvalue weighted by molar-refractivity contribution is -0.122. The van der Waals surface area contributed by atoms with Crippen molar-refractivity contribution in [2.75, 3.05) is 0 Å². The van der Waals surface area contributed by atoms with Gasteiger partial charge in [0.25, 0.3) is 0 Å². The van der Waals surface area contributed by atoms with Crippen molar-refractivity contribution < 1.29 is 15.0 Å². The van der Waals surface area contributed by atoms with Crippen LogP contribution in [0.5, 0.6) is 11.5 Å². The first-order valence-electron chi connectivity index (χ1n) is 6.62. The Labute approximate surface area is 118 Å². The molecule has 0 atom stereocenters. The van der Waals surface area contributed by atoms with Crippen LogP contribution in [0.2, 0.25) is 0 Å². The standard InChI is InChI=1S/C17H18O3/c1-3-16(20)17(2,12-8-4-6-10-14(12)18)13-9-5-7-11-15(13)19/h4-11,18-19H,3H2,1-2H3. The molecule has 0 fully saturated rings. The lowest BCUT2D eigenvalue weighted by Gasteiger charge is -2.30. The van der Waals surface area contributed by atoms with Gasteiger partial charge in [-0.1, -0.05) is 43.3 Å². The van der Waals surface area contributed by atoms with Crippen molar-refractivity contribution in [2.45, 2.75) is 25.7 Å². The molecule has 2 aromatic rings. The highest BCUT2D eigenvalue weighted by molar-refractivity contribution is 5.94. The van der Waals surface area contributed by atoms with Gasteiger partial charge in [0.15, 0.2) is 0 Å². The molecule has 2 rings (SSSR count). The molecule has 3 heteroatoms. The molecule has 0 radical (unpaired) electrons. The minimum atomic E-state index is -1.06. The fourth-order valence-corrected chi connectivity index (χ4v) is 2.59. The Morgan fingerprint density at radius 1 is 0.950 bits per heavy atom. The number of carbonyl (C=O) groups is 1. The first kappa shape index (κ1) is 14.1. The normalized spacial score (nSPS) is 11.3. The number of hydrogen-bond donors (Lipinski definition) is 2. The molecular formula is C17H18O3. The van der Waals surface area contributed by atoms with Gasteiger partial charge in [0.05, 0.1) is 5.41 Å². The molecule has 3 nitrogen and oxygen atoms in total. The summed E-state index contributed by atoms with van der Waals surface area (Å²) in [6.45, 7) is 3.52. The molecule has 2 N–H and O–H groups in total. The minimum absolute atomic E-state index is 0.0551. The van der Waals surface area contributed by atoms with Crippen LogP contribution in [0.15, 0.2) is 48.5 Å². The van der Waals surface area contributed by atoms with Crippen LogP contribution >= 0.6 is 0 Å². The number of phenols is 2. The Morgan fingerprint density at radius 2 is 1.35 bits per heavy atom. The van der Waals surface area contributed by atoms with Gasteiger partial charge in [-0.3, -0.25) is 4.79 Å². The summed E-state index contributed by atoms with van der Waals surface area (Å²) in [6, 6.07) is 13.5. The molecule has 0 saturated heterocycles. The van der Waals surface area contributed by atoms with Crippen LogP contribution in [0.4, 0.5) is 0 Å². The lowest BCUT2D eigenvalue weighted by Crippen LogP contribution is -2.33. The van der Waals surface area contributed by atoms with Crippen molar-refractivity contribution in [1.29, 1.82) is 0 Å². The number of phenolic OH excluding ortho intramolecular Hbond substituents is 2. The van der Waals surface area contributed by atoms with Crippen molar-refractivity contribution in [3.05, 3.63) is 59.7 Å². The summed E-state index contributed by atoms with van der Waals surface area (Å²) in [5.41, 5.74) is -0.0486. The van der Waals surface area contributed by atoms with Gasteiger partial charge in [-0.25, -0.2) is 0 Å². The predicted molar refractivity (Wildman–Crippen MR) is 78.0 cm³/mol. The van der Waals surface area contributed by atoms with Gasteiger partial charge in [0, 0.05) is 17.5 Å². The van der Waals surface area contributed by atoms with E-state index in [2.05, 4.69) is 0 Å². The maximum atomic E-state index is 12.5. The summed E-state index contributed by atoms with van der Waals surface area (Å²) < 4.78 is 0. The zero-order valence-corrected chi connectivity index (χ0v) is 11.6. The summed E-state index contributed by atoms with van der Waals surface area (Å²) in [4.78, 5) is 12.5. The van der Waals surface area contributed by atoms with Crippen LogP contribution < -0.4 is 0 Å². The highest BCUT2D eigenvalue weighted by Gasteiger charge is 2.39. The first-order chi connectivity index (χ1) is 9.51. The van der Waals surface area contributed by atoms with Crippen LogP contribution in [0.1, 0.15) is 31.4 Å². The smallest absolute Gasteiger partial charge is 0.147 e. The van der Waals surface area contributed by atoms with E-state index < -0.39 is 5.41 Å². The molecule has 0 amide bonds. The lowest BCUT2D eigenvalue weighted by atomic mass is 9.71. The largest absolute Gasteiger partial charge is 0.508 e. The average Bonchev–Trinajstić information content (AvgIpc) is 2.46. The van der Waals surface area contributed by atoms with Crippen LogP contribution in [-0.4, -0.2) is 16.0 Å². The summed E-state index contributed by atoms with van der Waals surface area (Å²) in [5, 5.41) is 20.2. The second-order valence-corrected chi connectivity index (χ2v) is 4.94. The Kier molecular flexibility index (Phi) is 3.79. The predicted octanol–water partition coefficient (Wildman–Crippen LogP) is 3.38. The van der Waals surface area contributed by atoms with E-state index in [9.17, 15) is 15.0 Å². The molecule has 0 spiro atoms. The molecule has 0 aliphatic rings. The maximum Gasteiger partial charge on any atom is 0.147 e. The topological polar surface area (TPSA) is 57.5 Å². The SMILES string of the molecule is CCC(=O)C(C)(c1ccccc1O)c1ccccc1O. The van der Waals surface area contributed by atoms with E-state index in [4.69, 9.17) is 0 Å². The first-order valence-corrected chi connectivity index (χ1v) is 6.62. The molecule has 0 saturated carbocycles. The number of benzene rings is 2. The monoisotopic (exact) mass is 270 g/mol. The molecule has 0 aliphatic carbocycles.